The molecule has 0 fully saturated rings. The Morgan fingerprint density at radius 1 is 1.00 bits per heavy atom. The van der Waals surface area contributed by atoms with E-state index in [1.807, 2.05) is 74.5 Å². The molecule has 0 aliphatic carbocycles. The van der Waals surface area contributed by atoms with Crippen molar-refractivity contribution in [3.05, 3.63) is 71.8 Å². The zero-order valence-corrected chi connectivity index (χ0v) is 12.2. The fourth-order valence-electron chi connectivity index (χ4n) is 2.49. The average Bonchev–Trinajstić information content (AvgIpc) is 2.89. The summed E-state index contributed by atoms with van der Waals surface area (Å²) in [5.41, 5.74) is 2.16. The molecule has 0 saturated heterocycles. The Bertz CT molecular complexity index is 637. The van der Waals surface area contributed by atoms with Crippen molar-refractivity contribution in [3.63, 3.8) is 0 Å². The highest BCUT2D eigenvalue weighted by atomic mass is 16.6. The molecule has 0 bridgehead atoms. The SMILES string of the molecule is CC(C)[C@@H]1N=C(c2ccccc2)[C@](O)(c2ccccc2)O1. The van der Waals surface area contributed by atoms with E-state index in [2.05, 4.69) is 4.99 Å². The van der Waals surface area contributed by atoms with Crippen molar-refractivity contribution >= 4 is 5.71 Å². The molecule has 1 aliphatic heterocycles. The maximum atomic E-state index is 11.1. The van der Waals surface area contributed by atoms with Crippen molar-refractivity contribution in [3.8, 4) is 0 Å². The van der Waals surface area contributed by atoms with E-state index in [1.165, 1.54) is 0 Å². The third-order valence-electron chi connectivity index (χ3n) is 3.65. The minimum Gasteiger partial charge on any atom is -0.357 e. The van der Waals surface area contributed by atoms with Crippen molar-refractivity contribution in [1.29, 1.82) is 0 Å². The molecule has 3 heteroatoms. The van der Waals surface area contributed by atoms with Crippen molar-refractivity contribution in [2.24, 2.45) is 10.9 Å². The van der Waals surface area contributed by atoms with Crippen LogP contribution in [0.2, 0.25) is 0 Å². The van der Waals surface area contributed by atoms with Crippen LogP contribution in [0.4, 0.5) is 0 Å². The Morgan fingerprint density at radius 2 is 1.57 bits per heavy atom. The monoisotopic (exact) mass is 281 g/mol. The number of rotatable bonds is 3. The summed E-state index contributed by atoms with van der Waals surface area (Å²) < 4.78 is 5.92. The summed E-state index contributed by atoms with van der Waals surface area (Å²) in [6, 6.07) is 19.1. The van der Waals surface area contributed by atoms with Crippen molar-refractivity contribution < 1.29 is 9.84 Å². The van der Waals surface area contributed by atoms with Crippen LogP contribution in [0.1, 0.15) is 25.0 Å². The van der Waals surface area contributed by atoms with Gasteiger partial charge in [0.25, 0.3) is 0 Å². The second-order valence-electron chi connectivity index (χ2n) is 5.61. The van der Waals surface area contributed by atoms with Crippen LogP contribution < -0.4 is 0 Å². The van der Waals surface area contributed by atoms with Gasteiger partial charge >= 0.3 is 0 Å². The van der Waals surface area contributed by atoms with E-state index in [4.69, 9.17) is 4.74 Å². The first-order chi connectivity index (χ1) is 10.1. The van der Waals surface area contributed by atoms with E-state index in [9.17, 15) is 5.11 Å². The predicted molar refractivity (Wildman–Crippen MR) is 83.0 cm³/mol. The Morgan fingerprint density at radius 3 is 2.14 bits per heavy atom. The van der Waals surface area contributed by atoms with Crippen LogP contribution in [0.5, 0.6) is 0 Å². The molecule has 108 valence electrons. The number of benzene rings is 2. The molecule has 3 nitrogen and oxygen atoms in total. The molecule has 21 heavy (non-hydrogen) atoms. The molecule has 1 N–H and O–H groups in total. The van der Waals surface area contributed by atoms with Gasteiger partial charge in [0.05, 0.1) is 0 Å². The number of nitrogens with zero attached hydrogens (tertiary/aromatic N) is 1. The fourth-order valence-corrected chi connectivity index (χ4v) is 2.49. The highest BCUT2D eigenvalue weighted by molar-refractivity contribution is 6.06. The molecule has 0 spiro atoms. The van der Waals surface area contributed by atoms with Gasteiger partial charge in [-0.1, -0.05) is 74.5 Å². The molecule has 2 aromatic carbocycles. The lowest BCUT2D eigenvalue weighted by molar-refractivity contribution is -0.179. The van der Waals surface area contributed by atoms with Gasteiger partial charge in [0, 0.05) is 17.0 Å². The molecule has 0 saturated carbocycles. The summed E-state index contributed by atoms with van der Waals surface area (Å²) >= 11 is 0. The Balaban J connectivity index is 2.09. The quantitative estimate of drug-likeness (QED) is 0.937. The van der Waals surface area contributed by atoms with Gasteiger partial charge in [-0.05, 0) is 0 Å². The van der Waals surface area contributed by atoms with Crippen molar-refractivity contribution in [2.75, 3.05) is 0 Å². The summed E-state index contributed by atoms with van der Waals surface area (Å²) in [5, 5.41) is 11.1. The summed E-state index contributed by atoms with van der Waals surface area (Å²) in [6.45, 7) is 4.07. The van der Waals surface area contributed by atoms with Gasteiger partial charge in [-0.3, -0.25) is 4.99 Å². The molecular weight excluding hydrogens is 262 g/mol. The minimum absolute atomic E-state index is 0.196. The largest absolute Gasteiger partial charge is 0.357 e. The minimum atomic E-state index is -1.49. The van der Waals surface area contributed by atoms with Gasteiger partial charge in [0.2, 0.25) is 5.79 Å². The van der Waals surface area contributed by atoms with E-state index < -0.39 is 5.79 Å². The number of aliphatic hydroxyl groups is 1. The van der Waals surface area contributed by atoms with Crippen LogP contribution in [0.25, 0.3) is 0 Å². The lowest BCUT2D eigenvalue weighted by Crippen LogP contribution is -2.36. The molecule has 0 amide bonds. The first-order valence-corrected chi connectivity index (χ1v) is 7.20. The first-order valence-electron chi connectivity index (χ1n) is 7.20. The highest BCUT2D eigenvalue weighted by Gasteiger charge is 2.45. The van der Waals surface area contributed by atoms with Gasteiger partial charge in [-0.25, -0.2) is 0 Å². The molecular formula is C18H19NO2. The van der Waals surface area contributed by atoms with E-state index in [0.717, 1.165) is 5.56 Å². The lowest BCUT2D eigenvalue weighted by atomic mass is 9.96. The molecule has 3 rings (SSSR count). The Hall–Kier alpha value is -1.97. The third-order valence-corrected chi connectivity index (χ3v) is 3.65. The standard InChI is InChI=1S/C18H19NO2/c1-13(2)17-19-16(14-9-5-3-6-10-14)18(20,21-17)15-11-7-4-8-12-15/h3-13,17,20H,1-2H3/t17-,18+/m1/s1. The normalized spacial score (nSPS) is 25.1. The molecule has 1 heterocycles. The Labute approximate surface area is 124 Å². The molecule has 2 atom stereocenters. The van der Waals surface area contributed by atoms with Crippen LogP contribution in [0.15, 0.2) is 65.7 Å². The third kappa shape index (κ3) is 2.50. The summed E-state index contributed by atoms with van der Waals surface area (Å²) in [4.78, 5) is 4.63. The number of hydrogen-bond donors (Lipinski definition) is 1. The van der Waals surface area contributed by atoms with Crippen molar-refractivity contribution in [1.82, 2.24) is 0 Å². The smallest absolute Gasteiger partial charge is 0.239 e. The van der Waals surface area contributed by atoms with Crippen molar-refractivity contribution in [2.45, 2.75) is 25.9 Å². The maximum absolute atomic E-state index is 11.1. The van der Waals surface area contributed by atoms with Crippen LogP contribution in [0, 0.1) is 5.92 Å². The van der Waals surface area contributed by atoms with Gasteiger partial charge in [-0.2, -0.15) is 0 Å². The molecule has 1 aliphatic rings. The lowest BCUT2D eigenvalue weighted by Gasteiger charge is -2.26. The van der Waals surface area contributed by atoms with Crippen LogP contribution in [-0.2, 0) is 10.5 Å². The fraction of sp³-hybridized carbons (Fsp3) is 0.278. The number of hydrogen-bond acceptors (Lipinski definition) is 3. The zero-order valence-electron chi connectivity index (χ0n) is 12.2. The average molecular weight is 281 g/mol. The highest BCUT2D eigenvalue weighted by Crippen LogP contribution is 2.36. The van der Waals surface area contributed by atoms with E-state index >= 15 is 0 Å². The zero-order chi connectivity index (χ0) is 14.9. The van der Waals surface area contributed by atoms with E-state index in [-0.39, 0.29) is 12.1 Å². The first kappa shape index (κ1) is 14.0. The van der Waals surface area contributed by atoms with Crippen LogP contribution >= 0.6 is 0 Å². The second kappa shape index (κ2) is 5.43. The van der Waals surface area contributed by atoms with Crippen LogP contribution in [0.3, 0.4) is 0 Å². The molecule has 0 aromatic heterocycles. The maximum Gasteiger partial charge on any atom is 0.239 e. The number of aliphatic imine (C=N–C) groups is 1. The molecule has 0 unspecified atom stereocenters. The molecule has 0 radical (unpaired) electrons. The van der Waals surface area contributed by atoms with Crippen LogP contribution in [-0.4, -0.2) is 17.0 Å². The summed E-state index contributed by atoms with van der Waals surface area (Å²) in [5.74, 6) is -1.29. The molecule has 2 aromatic rings. The predicted octanol–water partition coefficient (Wildman–Crippen LogP) is 3.33. The Kier molecular flexibility index (Phi) is 3.62. The van der Waals surface area contributed by atoms with E-state index in [1.54, 1.807) is 0 Å². The summed E-state index contributed by atoms with van der Waals surface area (Å²) in [7, 11) is 0. The van der Waals surface area contributed by atoms with E-state index in [0.29, 0.717) is 11.3 Å². The number of ether oxygens (including phenoxy) is 1. The summed E-state index contributed by atoms with van der Waals surface area (Å²) in [6.07, 6.45) is -0.342. The van der Waals surface area contributed by atoms with Gasteiger partial charge < -0.3 is 9.84 Å². The van der Waals surface area contributed by atoms with Gasteiger partial charge in [0.15, 0.2) is 6.23 Å². The topological polar surface area (TPSA) is 41.8 Å². The van der Waals surface area contributed by atoms with Gasteiger partial charge in [-0.15, -0.1) is 0 Å². The second-order valence-corrected chi connectivity index (χ2v) is 5.61. The van der Waals surface area contributed by atoms with Gasteiger partial charge in [0.1, 0.15) is 5.71 Å².